The van der Waals surface area contributed by atoms with E-state index in [4.69, 9.17) is 0 Å². The van der Waals surface area contributed by atoms with Crippen LogP contribution in [-0.2, 0) is 9.59 Å². The molecule has 0 saturated carbocycles. The van der Waals surface area contributed by atoms with Crippen LogP contribution in [0.2, 0.25) is 0 Å². The lowest BCUT2D eigenvalue weighted by Crippen LogP contribution is -2.28. The van der Waals surface area contributed by atoms with Gasteiger partial charge in [0.1, 0.15) is 5.25 Å². The Balaban J connectivity index is 1.61. The maximum absolute atomic E-state index is 12.3. The third-order valence-electron chi connectivity index (χ3n) is 4.35. The minimum absolute atomic E-state index is 0.00883. The Labute approximate surface area is 176 Å². The number of nitrogens with zero attached hydrogens (tertiary/aromatic N) is 3. The lowest BCUT2D eigenvalue weighted by molar-refractivity contribution is -0.384. The van der Waals surface area contributed by atoms with Crippen LogP contribution >= 0.6 is 11.8 Å². The Hall–Kier alpha value is -3.53. The van der Waals surface area contributed by atoms with Crippen molar-refractivity contribution < 1.29 is 14.5 Å². The van der Waals surface area contributed by atoms with E-state index in [1.807, 2.05) is 25.1 Å². The smallest absolute Gasteiger partial charge is 0.269 e. The van der Waals surface area contributed by atoms with Gasteiger partial charge in [0.05, 0.1) is 10.6 Å². The van der Waals surface area contributed by atoms with Gasteiger partial charge >= 0.3 is 0 Å². The van der Waals surface area contributed by atoms with Crippen molar-refractivity contribution in [3.63, 3.8) is 0 Å². The van der Waals surface area contributed by atoms with Gasteiger partial charge in [-0.1, -0.05) is 30.0 Å². The highest BCUT2D eigenvalue weighted by molar-refractivity contribution is 8.15. The van der Waals surface area contributed by atoms with E-state index in [2.05, 4.69) is 20.8 Å². The molecule has 0 spiro atoms. The first-order valence-electron chi connectivity index (χ1n) is 9.03. The quantitative estimate of drug-likeness (QED) is 0.417. The summed E-state index contributed by atoms with van der Waals surface area (Å²) in [6.07, 6.45) is 0.00883. The van der Waals surface area contributed by atoms with Crippen molar-refractivity contribution in [2.75, 3.05) is 5.32 Å². The summed E-state index contributed by atoms with van der Waals surface area (Å²) in [5, 5.41) is 24.0. The maximum Gasteiger partial charge on any atom is 0.269 e. The highest BCUT2D eigenvalue weighted by atomic mass is 32.2. The number of nitrogens with one attached hydrogen (secondary N) is 2. The molecule has 1 atom stereocenters. The lowest BCUT2D eigenvalue weighted by Gasteiger charge is -2.09. The molecule has 0 radical (unpaired) electrons. The molecule has 2 aromatic carbocycles. The number of nitro groups is 1. The van der Waals surface area contributed by atoms with Gasteiger partial charge in [-0.3, -0.25) is 19.7 Å². The second-order valence-electron chi connectivity index (χ2n) is 6.56. The maximum atomic E-state index is 12.3. The lowest BCUT2D eigenvalue weighted by atomic mass is 10.1. The average Bonchev–Trinajstić information content (AvgIpc) is 3.07. The van der Waals surface area contributed by atoms with Gasteiger partial charge in [0, 0.05) is 24.2 Å². The molecule has 2 N–H and O–H groups in total. The van der Waals surface area contributed by atoms with Crippen LogP contribution < -0.4 is 10.6 Å². The highest BCUT2D eigenvalue weighted by Gasteiger charge is 2.32. The number of carbonyl (C=O) groups excluding carboxylic acids is 2. The standard InChI is InChI=1S/C20H19N5O4S/c1-12-5-3-4-6-16(12)21-18(26)11-17-19(27)22-20(30-17)24-23-13(2)14-7-9-15(10-8-14)25(28)29/h3-10,17H,11H2,1-2H3,(H,21,26)(H,22,24,27). The molecule has 30 heavy (non-hydrogen) atoms. The topological polar surface area (TPSA) is 126 Å². The van der Waals surface area contributed by atoms with E-state index in [9.17, 15) is 19.7 Å². The molecule has 1 aliphatic heterocycles. The van der Waals surface area contributed by atoms with E-state index in [1.165, 1.54) is 12.1 Å². The molecule has 154 valence electrons. The van der Waals surface area contributed by atoms with Crippen molar-refractivity contribution >= 4 is 45.8 Å². The van der Waals surface area contributed by atoms with Crippen LogP contribution in [0.1, 0.15) is 24.5 Å². The zero-order valence-corrected chi connectivity index (χ0v) is 17.1. The SMILES string of the molecule is CC(=N/N=C1/NC(=O)C(CC(=O)Nc2ccccc2C)S1)c1ccc([N+](=O)[O-])cc1. The first kappa shape index (κ1) is 21.2. The van der Waals surface area contributed by atoms with Crippen molar-refractivity contribution in [1.29, 1.82) is 0 Å². The van der Waals surface area contributed by atoms with Crippen LogP contribution in [-0.4, -0.2) is 32.9 Å². The summed E-state index contributed by atoms with van der Waals surface area (Å²) >= 11 is 1.14. The normalized spacial score (nSPS) is 17.7. The van der Waals surface area contributed by atoms with Crippen molar-refractivity contribution in [3.8, 4) is 0 Å². The number of anilines is 1. The van der Waals surface area contributed by atoms with Crippen LogP contribution in [0.25, 0.3) is 0 Å². The summed E-state index contributed by atoms with van der Waals surface area (Å²) in [6.45, 7) is 3.60. The fourth-order valence-electron chi connectivity index (χ4n) is 2.67. The van der Waals surface area contributed by atoms with Gasteiger partial charge in [0.2, 0.25) is 11.8 Å². The van der Waals surface area contributed by atoms with Crippen LogP contribution in [0.4, 0.5) is 11.4 Å². The van der Waals surface area contributed by atoms with E-state index >= 15 is 0 Å². The highest BCUT2D eigenvalue weighted by Crippen LogP contribution is 2.24. The number of amides is 2. The predicted octanol–water partition coefficient (Wildman–Crippen LogP) is 3.24. The molecule has 1 fully saturated rings. The van der Waals surface area contributed by atoms with Gasteiger partial charge in [-0.15, -0.1) is 5.10 Å². The van der Waals surface area contributed by atoms with Crippen molar-refractivity contribution in [1.82, 2.24) is 5.32 Å². The number of para-hydroxylation sites is 1. The van der Waals surface area contributed by atoms with Crippen molar-refractivity contribution in [2.24, 2.45) is 10.2 Å². The monoisotopic (exact) mass is 425 g/mol. The Morgan fingerprint density at radius 3 is 2.60 bits per heavy atom. The number of thioether (sulfide) groups is 1. The molecule has 3 rings (SSSR count). The molecule has 0 bridgehead atoms. The van der Waals surface area contributed by atoms with E-state index in [0.717, 1.165) is 17.3 Å². The number of non-ortho nitro benzene ring substituents is 1. The molecule has 1 unspecified atom stereocenters. The van der Waals surface area contributed by atoms with Crippen LogP contribution in [0, 0.1) is 17.0 Å². The Kier molecular flexibility index (Phi) is 6.58. The fraction of sp³-hybridized carbons (Fsp3) is 0.200. The van der Waals surface area contributed by atoms with Gasteiger partial charge in [-0.2, -0.15) is 5.10 Å². The summed E-state index contributed by atoms with van der Waals surface area (Å²) in [6, 6.07) is 13.3. The summed E-state index contributed by atoms with van der Waals surface area (Å²) in [5.74, 6) is -0.564. The molecule has 10 heteroatoms. The first-order chi connectivity index (χ1) is 14.3. The summed E-state index contributed by atoms with van der Waals surface area (Å²) < 4.78 is 0. The summed E-state index contributed by atoms with van der Waals surface area (Å²) in [4.78, 5) is 34.7. The van der Waals surface area contributed by atoms with Gasteiger partial charge in [-0.05, 0) is 43.2 Å². The summed E-state index contributed by atoms with van der Waals surface area (Å²) in [7, 11) is 0. The van der Waals surface area contributed by atoms with E-state index in [0.29, 0.717) is 22.1 Å². The number of rotatable bonds is 6. The molecule has 2 amide bonds. The Bertz CT molecular complexity index is 1050. The van der Waals surface area contributed by atoms with Crippen molar-refractivity contribution in [2.45, 2.75) is 25.5 Å². The predicted molar refractivity (Wildman–Crippen MR) is 117 cm³/mol. The first-order valence-corrected chi connectivity index (χ1v) is 9.91. The molecule has 2 aromatic rings. The molecule has 0 aromatic heterocycles. The average molecular weight is 425 g/mol. The molecule has 0 aliphatic carbocycles. The molecular weight excluding hydrogens is 406 g/mol. The zero-order valence-electron chi connectivity index (χ0n) is 16.3. The minimum Gasteiger partial charge on any atom is -0.326 e. The third kappa shape index (κ3) is 5.29. The number of nitro benzene ring substituents is 1. The molecular formula is C20H19N5O4S. The summed E-state index contributed by atoms with van der Waals surface area (Å²) in [5.41, 5.74) is 2.85. The second-order valence-corrected chi connectivity index (χ2v) is 7.75. The van der Waals surface area contributed by atoms with Crippen molar-refractivity contribution in [3.05, 3.63) is 69.8 Å². The molecule has 1 aliphatic rings. The molecule has 9 nitrogen and oxygen atoms in total. The third-order valence-corrected chi connectivity index (χ3v) is 5.43. The number of hydrogen-bond acceptors (Lipinski definition) is 7. The fourth-order valence-corrected chi connectivity index (χ4v) is 3.59. The molecule has 1 heterocycles. The number of aryl methyl sites for hydroxylation is 1. The van der Waals surface area contributed by atoms with E-state index in [1.54, 1.807) is 25.1 Å². The molecule has 1 saturated heterocycles. The minimum atomic E-state index is -0.595. The van der Waals surface area contributed by atoms with Gasteiger partial charge in [0.25, 0.3) is 5.69 Å². The van der Waals surface area contributed by atoms with E-state index < -0.39 is 10.2 Å². The Morgan fingerprint density at radius 1 is 1.23 bits per heavy atom. The zero-order chi connectivity index (χ0) is 21.7. The Morgan fingerprint density at radius 2 is 1.93 bits per heavy atom. The van der Waals surface area contributed by atoms with Crippen LogP contribution in [0.3, 0.4) is 0 Å². The van der Waals surface area contributed by atoms with Crippen LogP contribution in [0.15, 0.2) is 58.7 Å². The van der Waals surface area contributed by atoms with Gasteiger partial charge in [-0.25, -0.2) is 0 Å². The van der Waals surface area contributed by atoms with E-state index in [-0.39, 0.29) is 23.9 Å². The van der Waals surface area contributed by atoms with Crippen LogP contribution in [0.5, 0.6) is 0 Å². The number of carbonyl (C=O) groups is 2. The van der Waals surface area contributed by atoms with Gasteiger partial charge in [0.15, 0.2) is 5.17 Å². The van der Waals surface area contributed by atoms with Gasteiger partial charge < -0.3 is 10.6 Å². The number of benzene rings is 2. The second kappa shape index (κ2) is 9.31. The number of amidine groups is 1. The largest absolute Gasteiger partial charge is 0.326 e. The number of hydrogen-bond donors (Lipinski definition) is 2.